The predicted octanol–water partition coefficient (Wildman–Crippen LogP) is 3.78. The lowest BCUT2D eigenvalue weighted by molar-refractivity contribution is 0.0624. The highest BCUT2D eigenvalue weighted by Crippen LogP contribution is 2.28. The van der Waals surface area contributed by atoms with Crippen molar-refractivity contribution in [2.24, 2.45) is 0 Å². The van der Waals surface area contributed by atoms with E-state index >= 15 is 0 Å². The quantitative estimate of drug-likeness (QED) is 0.778. The van der Waals surface area contributed by atoms with Crippen LogP contribution in [0, 0.1) is 0 Å². The zero-order valence-electron chi connectivity index (χ0n) is 13.9. The molecule has 0 radical (unpaired) electrons. The second-order valence-electron chi connectivity index (χ2n) is 6.41. The Morgan fingerprint density at radius 2 is 1.64 bits per heavy atom. The van der Waals surface area contributed by atoms with Gasteiger partial charge in [0.1, 0.15) is 5.69 Å². The van der Waals surface area contributed by atoms with Crippen molar-refractivity contribution >= 4 is 28.4 Å². The zero-order chi connectivity index (χ0) is 17.2. The Morgan fingerprint density at radius 3 is 2.36 bits per heavy atom. The summed E-state index contributed by atoms with van der Waals surface area (Å²) in [6.07, 6.45) is 0. The minimum absolute atomic E-state index is 0.0134. The zero-order valence-corrected chi connectivity index (χ0v) is 14.7. The van der Waals surface area contributed by atoms with E-state index in [1.165, 1.54) is 5.56 Å². The predicted molar refractivity (Wildman–Crippen MR) is 101 cm³/mol. The summed E-state index contributed by atoms with van der Waals surface area (Å²) in [5.74, 6) is -0.0134. The van der Waals surface area contributed by atoms with Gasteiger partial charge in [-0.25, -0.2) is 0 Å². The van der Waals surface area contributed by atoms with Gasteiger partial charge in [0.05, 0.1) is 5.02 Å². The number of para-hydroxylation sites is 1. The van der Waals surface area contributed by atoms with Crippen LogP contribution in [-0.4, -0.2) is 46.9 Å². The van der Waals surface area contributed by atoms with Crippen molar-refractivity contribution < 1.29 is 4.79 Å². The van der Waals surface area contributed by atoms with Crippen LogP contribution in [0.1, 0.15) is 16.1 Å². The highest BCUT2D eigenvalue weighted by molar-refractivity contribution is 6.38. The van der Waals surface area contributed by atoms with Crippen LogP contribution >= 0.6 is 11.6 Å². The Morgan fingerprint density at radius 1 is 0.960 bits per heavy atom. The molecule has 3 aromatic rings. The molecule has 2 aromatic carbocycles. The van der Waals surface area contributed by atoms with Gasteiger partial charge in [0.25, 0.3) is 5.91 Å². The summed E-state index contributed by atoms with van der Waals surface area (Å²) in [4.78, 5) is 20.3. The van der Waals surface area contributed by atoms with E-state index in [0.29, 0.717) is 10.7 Å². The van der Waals surface area contributed by atoms with Crippen molar-refractivity contribution in [3.05, 3.63) is 70.9 Å². The number of aromatic amines is 1. The van der Waals surface area contributed by atoms with Gasteiger partial charge in [0.2, 0.25) is 0 Å². The second kappa shape index (κ2) is 6.90. The number of rotatable bonds is 3. The molecule has 5 heteroatoms. The third-order valence-electron chi connectivity index (χ3n) is 4.77. The maximum atomic E-state index is 12.8. The van der Waals surface area contributed by atoms with Crippen molar-refractivity contribution in [2.75, 3.05) is 26.2 Å². The third-order valence-corrected chi connectivity index (χ3v) is 5.16. The van der Waals surface area contributed by atoms with Gasteiger partial charge >= 0.3 is 0 Å². The first kappa shape index (κ1) is 16.2. The van der Waals surface area contributed by atoms with E-state index in [0.717, 1.165) is 43.6 Å². The maximum absolute atomic E-state index is 12.8. The molecular formula is C20H20ClN3O. The topological polar surface area (TPSA) is 39.3 Å². The highest BCUT2D eigenvalue weighted by Gasteiger charge is 2.25. The van der Waals surface area contributed by atoms with E-state index in [1.54, 1.807) is 0 Å². The van der Waals surface area contributed by atoms with Gasteiger partial charge in [0.15, 0.2) is 0 Å². The van der Waals surface area contributed by atoms with E-state index in [1.807, 2.05) is 35.2 Å². The molecule has 128 valence electrons. The van der Waals surface area contributed by atoms with Crippen LogP contribution < -0.4 is 0 Å². The summed E-state index contributed by atoms with van der Waals surface area (Å²) < 4.78 is 0. The molecule has 2 heterocycles. The SMILES string of the molecule is O=C(c1[nH]c2ccccc2c1Cl)N1CCN(Cc2ccccc2)CC1. The Kier molecular flexibility index (Phi) is 4.47. The van der Waals surface area contributed by atoms with Crippen LogP contribution in [0.4, 0.5) is 0 Å². The number of H-pyrrole nitrogens is 1. The van der Waals surface area contributed by atoms with E-state index in [4.69, 9.17) is 11.6 Å². The van der Waals surface area contributed by atoms with Crippen LogP contribution in [0.3, 0.4) is 0 Å². The summed E-state index contributed by atoms with van der Waals surface area (Å²) >= 11 is 6.42. The van der Waals surface area contributed by atoms with Gasteiger partial charge < -0.3 is 9.88 Å². The summed E-state index contributed by atoms with van der Waals surface area (Å²) in [5.41, 5.74) is 2.71. The smallest absolute Gasteiger partial charge is 0.271 e. The average Bonchev–Trinajstić information content (AvgIpc) is 3.00. The lowest BCUT2D eigenvalue weighted by Gasteiger charge is -2.34. The van der Waals surface area contributed by atoms with E-state index in [-0.39, 0.29) is 5.91 Å². The lowest BCUT2D eigenvalue weighted by Crippen LogP contribution is -2.48. The number of benzene rings is 2. The van der Waals surface area contributed by atoms with E-state index in [2.05, 4.69) is 34.1 Å². The Balaban J connectivity index is 1.43. The molecular weight excluding hydrogens is 334 g/mol. The molecule has 0 saturated carbocycles. The molecule has 0 atom stereocenters. The van der Waals surface area contributed by atoms with Crippen LogP contribution in [0.15, 0.2) is 54.6 Å². The van der Waals surface area contributed by atoms with Crippen LogP contribution in [0.5, 0.6) is 0 Å². The van der Waals surface area contributed by atoms with Crippen LogP contribution in [-0.2, 0) is 6.54 Å². The monoisotopic (exact) mass is 353 g/mol. The number of carbonyl (C=O) groups excluding carboxylic acids is 1. The molecule has 0 aliphatic carbocycles. The minimum atomic E-state index is -0.0134. The van der Waals surface area contributed by atoms with Crippen molar-refractivity contribution in [1.82, 2.24) is 14.8 Å². The molecule has 4 rings (SSSR count). The number of nitrogens with one attached hydrogen (secondary N) is 1. The van der Waals surface area contributed by atoms with Gasteiger partial charge in [-0.05, 0) is 11.6 Å². The Bertz CT molecular complexity index is 882. The van der Waals surface area contributed by atoms with Crippen LogP contribution in [0.2, 0.25) is 5.02 Å². The molecule has 1 saturated heterocycles. The van der Waals surface area contributed by atoms with Crippen molar-refractivity contribution in [3.63, 3.8) is 0 Å². The molecule has 4 nitrogen and oxygen atoms in total. The van der Waals surface area contributed by atoms with Crippen LogP contribution in [0.25, 0.3) is 10.9 Å². The molecule has 25 heavy (non-hydrogen) atoms. The number of hydrogen-bond donors (Lipinski definition) is 1. The average molecular weight is 354 g/mol. The van der Waals surface area contributed by atoms with E-state index in [9.17, 15) is 4.79 Å². The Hall–Kier alpha value is -2.30. The molecule has 1 fully saturated rings. The fraction of sp³-hybridized carbons (Fsp3) is 0.250. The van der Waals surface area contributed by atoms with Gasteiger partial charge in [-0.3, -0.25) is 9.69 Å². The fourth-order valence-corrected chi connectivity index (χ4v) is 3.66. The highest BCUT2D eigenvalue weighted by atomic mass is 35.5. The van der Waals surface area contributed by atoms with Gasteiger partial charge in [-0.2, -0.15) is 0 Å². The summed E-state index contributed by atoms with van der Waals surface area (Å²) in [7, 11) is 0. The first-order valence-electron chi connectivity index (χ1n) is 8.54. The standard InChI is InChI=1S/C20H20ClN3O/c21-18-16-8-4-5-9-17(16)22-19(18)20(25)24-12-10-23(11-13-24)14-15-6-2-1-3-7-15/h1-9,22H,10-14H2. The molecule has 1 aromatic heterocycles. The summed E-state index contributed by atoms with van der Waals surface area (Å²) in [6, 6.07) is 18.2. The van der Waals surface area contributed by atoms with Crippen molar-refractivity contribution in [2.45, 2.75) is 6.54 Å². The largest absolute Gasteiger partial charge is 0.349 e. The van der Waals surface area contributed by atoms with Crippen molar-refractivity contribution in [1.29, 1.82) is 0 Å². The third kappa shape index (κ3) is 3.28. The van der Waals surface area contributed by atoms with Gasteiger partial charge in [-0.15, -0.1) is 0 Å². The molecule has 1 aliphatic heterocycles. The fourth-order valence-electron chi connectivity index (χ4n) is 3.36. The number of fused-ring (bicyclic) bond motifs is 1. The first-order valence-corrected chi connectivity index (χ1v) is 8.92. The van der Waals surface area contributed by atoms with Gasteiger partial charge in [-0.1, -0.05) is 60.1 Å². The number of nitrogens with zero attached hydrogens (tertiary/aromatic N) is 2. The Labute approximate surface area is 152 Å². The first-order chi connectivity index (χ1) is 12.2. The summed E-state index contributed by atoms with van der Waals surface area (Å²) in [5, 5.41) is 1.42. The number of carbonyl (C=O) groups is 1. The number of hydrogen-bond acceptors (Lipinski definition) is 2. The number of piperazine rings is 1. The minimum Gasteiger partial charge on any atom is -0.349 e. The van der Waals surface area contributed by atoms with E-state index < -0.39 is 0 Å². The molecule has 1 N–H and O–H groups in total. The number of aromatic nitrogens is 1. The molecule has 0 bridgehead atoms. The number of halogens is 1. The molecule has 0 spiro atoms. The summed E-state index contributed by atoms with van der Waals surface area (Å²) in [6.45, 7) is 4.11. The second-order valence-corrected chi connectivity index (χ2v) is 6.79. The maximum Gasteiger partial charge on any atom is 0.271 e. The molecule has 1 amide bonds. The van der Waals surface area contributed by atoms with Gasteiger partial charge in [0, 0.05) is 43.6 Å². The molecule has 1 aliphatic rings. The normalized spacial score (nSPS) is 15.6. The molecule has 0 unspecified atom stereocenters. The van der Waals surface area contributed by atoms with Crippen molar-refractivity contribution in [3.8, 4) is 0 Å². The lowest BCUT2D eigenvalue weighted by atomic mass is 10.2. The number of amides is 1.